The average Bonchev–Trinajstić information content (AvgIpc) is 2.75. The van der Waals surface area contributed by atoms with Crippen molar-refractivity contribution in [3.8, 4) is 11.5 Å². The minimum atomic E-state index is -0.470. The van der Waals surface area contributed by atoms with Gasteiger partial charge in [0.2, 0.25) is 0 Å². The first kappa shape index (κ1) is 22.7. The number of halogens is 2. The van der Waals surface area contributed by atoms with Crippen LogP contribution in [0.4, 0.5) is 0 Å². The molecule has 0 aliphatic carbocycles. The maximum absolute atomic E-state index is 12.5. The van der Waals surface area contributed by atoms with Crippen molar-refractivity contribution in [2.24, 2.45) is 5.10 Å². The van der Waals surface area contributed by atoms with E-state index in [1.54, 1.807) is 42.5 Å². The summed E-state index contributed by atoms with van der Waals surface area (Å²) in [7, 11) is 0. The van der Waals surface area contributed by atoms with E-state index in [-0.39, 0.29) is 6.61 Å². The number of hydrazone groups is 1. The number of ether oxygens (including phenoxy) is 2. The predicted octanol–water partition coefficient (Wildman–Crippen LogP) is 5.27. The number of aryl methyl sites for hydroxylation is 1. The van der Waals surface area contributed by atoms with E-state index in [0.29, 0.717) is 22.6 Å². The third kappa shape index (κ3) is 6.77. The van der Waals surface area contributed by atoms with E-state index in [0.717, 1.165) is 14.5 Å². The quantitative estimate of drug-likeness (QED) is 0.190. The van der Waals surface area contributed by atoms with Gasteiger partial charge in [0.05, 0.1) is 11.8 Å². The zero-order valence-corrected chi connectivity index (χ0v) is 19.6. The normalized spacial score (nSPS) is 10.7. The first-order chi connectivity index (χ1) is 14.9. The summed E-state index contributed by atoms with van der Waals surface area (Å²) < 4.78 is 12.6. The zero-order valence-electron chi connectivity index (χ0n) is 16.5. The molecule has 0 radical (unpaired) electrons. The highest BCUT2D eigenvalue weighted by atomic mass is 79.9. The molecule has 1 N–H and O–H groups in total. The largest absolute Gasteiger partial charge is 0.484 e. The van der Waals surface area contributed by atoms with Crippen molar-refractivity contribution < 1.29 is 19.1 Å². The number of nitrogens with zero attached hydrogens (tertiary/aromatic N) is 1. The van der Waals surface area contributed by atoms with E-state index >= 15 is 0 Å². The van der Waals surface area contributed by atoms with Crippen LogP contribution in [-0.2, 0) is 4.79 Å². The summed E-state index contributed by atoms with van der Waals surface area (Å²) in [5.41, 5.74) is 4.21. The Morgan fingerprint density at radius 3 is 2.45 bits per heavy atom. The van der Waals surface area contributed by atoms with Crippen LogP contribution in [0.25, 0.3) is 0 Å². The first-order valence-corrected chi connectivity index (χ1v) is 10.8. The Bertz CT molecular complexity index is 1110. The van der Waals surface area contributed by atoms with Gasteiger partial charge in [-0.3, -0.25) is 4.79 Å². The Balaban J connectivity index is 1.62. The number of amides is 1. The number of hydrogen-bond acceptors (Lipinski definition) is 5. The number of carbonyl (C=O) groups is 2. The van der Waals surface area contributed by atoms with E-state index in [4.69, 9.17) is 9.47 Å². The standard InChI is InChI=1S/C23H18Br2N2O4/c1-15-4-2-3-5-20(15)23(29)31-21-11-8-18(25)12-16(21)13-26-27-22(28)14-30-19-9-6-17(24)7-10-19/h2-13H,14H2,1H3,(H,27,28)/b26-13-. The Hall–Kier alpha value is -2.97. The van der Waals surface area contributed by atoms with Crippen LogP contribution in [-0.4, -0.2) is 24.7 Å². The minimum Gasteiger partial charge on any atom is -0.484 e. The van der Waals surface area contributed by atoms with Crippen molar-refractivity contribution in [3.05, 3.63) is 92.4 Å². The van der Waals surface area contributed by atoms with Gasteiger partial charge in [0.15, 0.2) is 6.61 Å². The Morgan fingerprint density at radius 1 is 1.00 bits per heavy atom. The number of nitrogens with one attached hydrogen (secondary N) is 1. The lowest BCUT2D eigenvalue weighted by Crippen LogP contribution is -2.24. The maximum Gasteiger partial charge on any atom is 0.343 e. The molecule has 0 heterocycles. The molecule has 1 amide bonds. The molecule has 31 heavy (non-hydrogen) atoms. The monoisotopic (exact) mass is 544 g/mol. The van der Waals surface area contributed by atoms with Gasteiger partial charge < -0.3 is 9.47 Å². The summed E-state index contributed by atoms with van der Waals surface area (Å²) in [5.74, 6) is -0.00471. The first-order valence-electron chi connectivity index (χ1n) is 9.20. The van der Waals surface area contributed by atoms with Crippen LogP contribution in [0.3, 0.4) is 0 Å². The molecule has 0 aromatic heterocycles. The van der Waals surface area contributed by atoms with Crippen LogP contribution in [0.5, 0.6) is 11.5 Å². The highest BCUT2D eigenvalue weighted by Crippen LogP contribution is 2.23. The summed E-state index contributed by atoms with van der Waals surface area (Å²) in [6.07, 6.45) is 1.41. The summed E-state index contributed by atoms with van der Waals surface area (Å²) >= 11 is 6.72. The van der Waals surface area contributed by atoms with Gasteiger partial charge in [0, 0.05) is 14.5 Å². The van der Waals surface area contributed by atoms with Gasteiger partial charge in [-0.2, -0.15) is 5.10 Å². The summed E-state index contributed by atoms with van der Waals surface area (Å²) in [6.45, 7) is 1.65. The van der Waals surface area contributed by atoms with Gasteiger partial charge in [-0.25, -0.2) is 10.2 Å². The summed E-state index contributed by atoms with van der Waals surface area (Å²) in [4.78, 5) is 24.5. The molecule has 0 aliphatic heterocycles. The lowest BCUT2D eigenvalue weighted by atomic mass is 10.1. The third-order valence-corrected chi connectivity index (χ3v) is 5.14. The molecule has 8 heteroatoms. The van der Waals surface area contributed by atoms with E-state index in [1.807, 2.05) is 31.2 Å². The molecule has 0 aliphatic rings. The molecule has 0 bridgehead atoms. The van der Waals surface area contributed by atoms with Gasteiger partial charge >= 0.3 is 5.97 Å². The van der Waals surface area contributed by atoms with Gasteiger partial charge in [0.25, 0.3) is 5.91 Å². The molecular weight excluding hydrogens is 528 g/mol. The topological polar surface area (TPSA) is 77.0 Å². The van der Waals surface area contributed by atoms with Crippen molar-refractivity contribution >= 4 is 50.0 Å². The van der Waals surface area contributed by atoms with E-state index in [1.165, 1.54) is 6.21 Å². The van der Waals surface area contributed by atoms with Crippen molar-refractivity contribution in [2.45, 2.75) is 6.92 Å². The van der Waals surface area contributed by atoms with Crippen LogP contribution in [0.1, 0.15) is 21.5 Å². The van der Waals surface area contributed by atoms with Crippen molar-refractivity contribution in [1.82, 2.24) is 5.43 Å². The van der Waals surface area contributed by atoms with E-state index in [2.05, 4.69) is 42.4 Å². The second-order valence-corrected chi connectivity index (χ2v) is 8.25. The fraction of sp³-hybridized carbons (Fsp3) is 0.0870. The smallest absolute Gasteiger partial charge is 0.343 e. The second kappa shape index (κ2) is 10.9. The molecule has 0 spiro atoms. The molecule has 0 unspecified atom stereocenters. The van der Waals surface area contributed by atoms with Crippen LogP contribution in [0.15, 0.2) is 80.8 Å². The number of esters is 1. The van der Waals surface area contributed by atoms with Gasteiger partial charge in [-0.05, 0) is 61.0 Å². The summed E-state index contributed by atoms with van der Waals surface area (Å²) in [6, 6.07) is 19.4. The number of benzene rings is 3. The number of carbonyl (C=O) groups excluding carboxylic acids is 2. The van der Waals surface area contributed by atoms with Crippen molar-refractivity contribution in [3.63, 3.8) is 0 Å². The average molecular weight is 546 g/mol. The SMILES string of the molecule is Cc1ccccc1C(=O)Oc1ccc(Br)cc1/C=N\NC(=O)COc1ccc(Br)cc1. The molecule has 0 saturated carbocycles. The minimum absolute atomic E-state index is 0.188. The molecule has 3 aromatic carbocycles. The van der Waals surface area contributed by atoms with Gasteiger partial charge in [0.1, 0.15) is 11.5 Å². The Kier molecular flexibility index (Phi) is 7.97. The van der Waals surface area contributed by atoms with E-state index < -0.39 is 11.9 Å². The lowest BCUT2D eigenvalue weighted by molar-refractivity contribution is -0.123. The zero-order chi connectivity index (χ0) is 22.2. The lowest BCUT2D eigenvalue weighted by Gasteiger charge is -2.09. The molecule has 6 nitrogen and oxygen atoms in total. The maximum atomic E-state index is 12.5. The van der Waals surface area contributed by atoms with Crippen molar-refractivity contribution in [2.75, 3.05) is 6.61 Å². The Labute approximate surface area is 196 Å². The van der Waals surface area contributed by atoms with Crippen LogP contribution in [0, 0.1) is 6.92 Å². The summed E-state index contributed by atoms with van der Waals surface area (Å²) in [5, 5.41) is 3.94. The van der Waals surface area contributed by atoms with Crippen molar-refractivity contribution in [1.29, 1.82) is 0 Å². The van der Waals surface area contributed by atoms with E-state index in [9.17, 15) is 9.59 Å². The van der Waals surface area contributed by atoms with Crippen LogP contribution in [0.2, 0.25) is 0 Å². The fourth-order valence-electron chi connectivity index (χ4n) is 2.56. The molecular formula is C23H18Br2N2O4. The molecule has 3 aromatic rings. The van der Waals surface area contributed by atoms with Crippen LogP contribution < -0.4 is 14.9 Å². The number of rotatable bonds is 7. The second-order valence-electron chi connectivity index (χ2n) is 6.42. The molecule has 3 rings (SSSR count). The highest BCUT2D eigenvalue weighted by molar-refractivity contribution is 9.10. The molecule has 158 valence electrons. The highest BCUT2D eigenvalue weighted by Gasteiger charge is 2.13. The molecule has 0 saturated heterocycles. The third-order valence-electron chi connectivity index (χ3n) is 4.12. The Morgan fingerprint density at radius 2 is 1.71 bits per heavy atom. The fourth-order valence-corrected chi connectivity index (χ4v) is 3.20. The molecule has 0 fully saturated rings. The molecule has 0 atom stereocenters. The number of hydrogen-bond donors (Lipinski definition) is 1. The van der Waals surface area contributed by atoms with Gasteiger partial charge in [-0.1, -0.05) is 50.1 Å². The van der Waals surface area contributed by atoms with Gasteiger partial charge in [-0.15, -0.1) is 0 Å². The van der Waals surface area contributed by atoms with Crippen LogP contribution >= 0.6 is 31.9 Å². The predicted molar refractivity (Wildman–Crippen MR) is 126 cm³/mol.